The normalized spacial score (nSPS) is 11.0. The van der Waals surface area contributed by atoms with Crippen molar-refractivity contribution < 1.29 is 0 Å². The van der Waals surface area contributed by atoms with Gasteiger partial charge in [0.25, 0.3) is 0 Å². The molecule has 0 atom stereocenters. The number of aromatic nitrogens is 1. The van der Waals surface area contributed by atoms with Crippen LogP contribution in [-0.2, 0) is 7.05 Å². The lowest BCUT2D eigenvalue weighted by molar-refractivity contribution is 0.957. The van der Waals surface area contributed by atoms with Crippen molar-refractivity contribution in [3.05, 3.63) is 30.0 Å². The van der Waals surface area contributed by atoms with Gasteiger partial charge in [-0.05, 0) is 24.8 Å². The molecular formula is C11H13NS. The number of fused-ring (bicyclic) bond motifs is 1. The molecular weight excluding hydrogens is 178 g/mol. The number of hydrogen-bond donors (Lipinski definition) is 0. The second kappa shape index (κ2) is 3.11. The molecule has 0 bridgehead atoms. The van der Waals surface area contributed by atoms with Crippen molar-refractivity contribution in [1.82, 2.24) is 4.57 Å². The minimum Gasteiger partial charge on any atom is -0.349 e. The van der Waals surface area contributed by atoms with Gasteiger partial charge < -0.3 is 4.57 Å². The van der Waals surface area contributed by atoms with Crippen molar-refractivity contribution in [2.75, 3.05) is 6.26 Å². The Balaban J connectivity index is 2.80. The van der Waals surface area contributed by atoms with Gasteiger partial charge in [-0.15, -0.1) is 11.8 Å². The molecule has 0 saturated carbocycles. The van der Waals surface area contributed by atoms with Crippen LogP contribution in [0.25, 0.3) is 10.9 Å². The van der Waals surface area contributed by atoms with Crippen molar-refractivity contribution in [3.63, 3.8) is 0 Å². The summed E-state index contributed by atoms with van der Waals surface area (Å²) in [5.41, 5.74) is 2.64. The number of thioether (sulfide) groups is 1. The summed E-state index contributed by atoms with van der Waals surface area (Å²) in [6.45, 7) is 2.13. The molecule has 0 fully saturated rings. The van der Waals surface area contributed by atoms with E-state index >= 15 is 0 Å². The minimum atomic E-state index is 1.32. The van der Waals surface area contributed by atoms with E-state index in [1.165, 1.54) is 21.4 Å². The zero-order valence-electron chi connectivity index (χ0n) is 8.16. The number of rotatable bonds is 1. The molecule has 2 aromatic rings. The number of hydrogen-bond acceptors (Lipinski definition) is 1. The molecule has 0 aliphatic carbocycles. The first-order valence-electron chi connectivity index (χ1n) is 4.32. The standard InChI is InChI=1S/C11H13NS/c1-8-4-5-9-10(6-8)12(2)7-11(9)13-3/h4-7H,1-3H3. The molecule has 0 saturated heterocycles. The van der Waals surface area contributed by atoms with E-state index in [-0.39, 0.29) is 0 Å². The first kappa shape index (κ1) is 8.70. The predicted octanol–water partition coefficient (Wildman–Crippen LogP) is 3.21. The molecule has 0 radical (unpaired) electrons. The Morgan fingerprint density at radius 2 is 2.08 bits per heavy atom. The quantitative estimate of drug-likeness (QED) is 0.627. The van der Waals surface area contributed by atoms with Crippen LogP contribution in [0.2, 0.25) is 0 Å². The Morgan fingerprint density at radius 1 is 1.31 bits per heavy atom. The van der Waals surface area contributed by atoms with Crippen molar-refractivity contribution in [3.8, 4) is 0 Å². The summed E-state index contributed by atoms with van der Waals surface area (Å²) in [6, 6.07) is 6.60. The van der Waals surface area contributed by atoms with Crippen LogP contribution >= 0.6 is 11.8 Å². The monoisotopic (exact) mass is 191 g/mol. The molecule has 1 aromatic carbocycles. The van der Waals surface area contributed by atoms with Crippen molar-refractivity contribution >= 4 is 22.7 Å². The van der Waals surface area contributed by atoms with E-state index in [0.29, 0.717) is 0 Å². The third-order valence-electron chi connectivity index (χ3n) is 2.33. The maximum Gasteiger partial charge on any atom is 0.0492 e. The maximum absolute atomic E-state index is 2.23. The van der Waals surface area contributed by atoms with Crippen molar-refractivity contribution in [2.24, 2.45) is 7.05 Å². The van der Waals surface area contributed by atoms with Gasteiger partial charge in [-0.25, -0.2) is 0 Å². The summed E-state index contributed by atoms with van der Waals surface area (Å²) in [5, 5.41) is 1.36. The van der Waals surface area contributed by atoms with Crippen LogP contribution in [-0.4, -0.2) is 10.8 Å². The summed E-state index contributed by atoms with van der Waals surface area (Å²) >= 11 is 1.80. The lowest BCUT2D eigenvalue weighted by Crippen LogP contribution is -1.83. The van der Waals surface area contributed by atoms with E-state index in [1.54, 1.807) is 11.8 Å². The van der Waals surface area contributed by atoms with Crippen LogP contribution in [0.15, 0.2) is 29.3 Å². The van der Waals surface area contributed by atoms with Gasteiger partial charge in [0.2, 0.25) is 0 Å². The molecule has 1 nitrogen and oxygen atoms in total. The Labute approximate surface area is 82.8 Å². The van der Waals surface area contributed by atoms with Gasteiger partial charge in [-0.2, -0.15) is 0 Å². The lowest BCUT2D eigenvalue weighted by Gasteiger charge is -1.97. The van der Waals surface area contributed by atoms with Crippen LogP contribution in [0.4, 0.5) is 0 Å². The van der Waals surface area contributed by atoms with Crippen LogP contribution in [0.1, 0.15) is 5.56 Å². The van der Waals surface area contributed by atoms with Gasteiger partial charge in [-0.1, -0.05) is 12.1 Å². The smallest absolute Gasteiger partial charge is 0.0492 e. The fraction of sp³-hybridized carbons (Fsp3) is 0.273. The number of nitrogens with zero attached hydrogens (tertiary/aromatic N) is 1. The van der Waals surface area contributed by atoms with Gasteiger partial charge in [0.05, 0.1) is 0 Å². The molecule has 2 heteroatoms. The molecule has 0 N–H and O–H groups in total. The molecule has 13 heavy (non-hydrogen) atoms. The summed E-state index contributed by atoms with van der Waals surface area (Å²) in [5.74, 6) is 0. The van der Waals surface area contributed by atoms with Crippen LogP contribution < -0.4 is 0 Å². The third kappa shape index (κ3) is 1.35. The molecule has 1 aromatic heterocycles. The van der Waals surface area contributed by atoms with Crippen molar-refractivity contribution in [2.45, 2.75) is 11.8 Å². The van der Waals surface area contributed by atoms with Crippen LogP contribution in [0, 0.1) is 6.92 Å². The third-order valence-corrected chi connectivity index (χ3v) is 3.09. The van der Waals surface area contributed by atoms with Crippen LogP contribution in [0.3, 0.4) is 0 Å². The highest BCUT2D eigenvalue weighted by Gasteiger charge is 2.04. The first-order chi connectivity index (χ1) is 6.22. The van der Waals surface area contributed by atoms with Crippen molar-refractivity contribution in [1.29, 1.82) is 0 Å². The molecule has 0 amide bonds. The van der Waals surface area contributed by atoms with Crippen LogP contribution in [0.5, 0.6) is 0 Å². The number of aryl methyl sites for hydroxylation is 2. The van der Waals surface area contributed by atoms with E-state index in [9.17, 15) is 0 Å². The Bertz CT molecular complexity index is 443. The van der Waals surface area contributed by atoms with Gasteiger partial charge in [0.15, 0.2) is 0 Å². The van der Waals surface area contributed by atoms with Gasteiger partial charge in [0, 0.05) is 29.0 Å². The van der Waals surface area contributed by atoms with E-state index in [2.05, 4.69) is 49.2 Å². The number of benzene rings is 1. The van der Waals surface area contributed by atoms with E-state index in [0.717, 1.165) is 0 Å². The summed E-state index contributed by atoms with van der Waals surface area (Å²) in [7, 11) is 2.10. The zero-order chi connectivity index (χ0) is 9.42. The fourth-order valence-electron chi connectivity index (χ4n) is 1.62. The molecule has 0 unspecified atom stereocenters. The lowest BCUT2D eigenvalue weighted by atomic mass is 10.2. The highest BCUT2D eigenvalue weighted by Crippen LogP contribution is 2.28. The topological polar surface area (TPSA) is 4.93 Å². The van der Waals surface area contributed by atoms with E-state index in [1.807, 2.05) is 0 Å². The maximum atomic E-state index is 2.23. The predicted molar refractivity (Wildman–Crippen MR) is 59.4 cm³/mol. The summed E-state index contributed by atoms with van der Waals surface area (Å²) in [6.07, 6.45) is 4.31. The zero-order valence-corrected chi connectivity index (χ0v) is 8.98. The summed E-state index contributed by atoms with van der Waals surface area (Å²) < 4.78 is 2.19. The second-order valence-corrected chi connectivity index (χ2v) is 4.18. The average Bonchev–Trinajstić information content (AvgIpc) is 2.43. The van der Waals surface area contributed by atoms with Gasteiger partial charge in [0.1, 0.15) is 0 Å². The highest BCUT2D eigenvalue weighted by atomic mass is 32.2. The SMILES string of the molecule is CSc1cn(C)c2cc(C)ccc12. The Hall–Kier alpha value is -0.890. The minimum absolute atomic E-state index is 1.32. The Morgan fingerprint density at radius 3 is 2.77 bits per heavy atom. The molecule has 1 heterocycles. The van der Waals surface area contributed by atoms with Gasteiger partial charge in [-0.3, -0.25) is 0 Å². The average molecular weight is 191 g/mol. The molecule has 0 aliphatic heterocycles. The molecule has 68 valence electrons. The Kier molecular flexibility index (Phi) is 2.08. The summed E-state index contributed by atoms with van der Waals surface area (Å²) in [4.78, 5) is 1.36. The van der Waals surface area contributed by atoms with E-state index in [4.69, 9.17) is 0 Å². The second-order valence-electron chi connectivity index (χ2n) is 3.33. The van der Waals surface area contributed by atoms with E-state index < -0.39 is 0 Å². The molecule has 0 aliphatic rings. The fourth-order valence-corrected chi connectivity index (χ4v) is 2.28. The largest absolute Gasteiger partial charge is 0.349 e. The molecule has 2 rings (SSSR count). The molecule has 0 spiro atoms. The first-order valence-corrected chi connectivity index (χ1v) is 5.54. The highest BCUT2D eigenvalue weighted by molar-refractivity contribution is 7.98. The van der Waals surface area contributed by atoms with Gasteiger partial charge >= 0.3 is 0 Å².